The Hall–Kier alpha value is -0.960. The first-order valence-corrected chi connectivity index (χ1v) is 7.24. The van der Waals surface area contributed by atoms with E-state index in [0.717, 1.165) is 11.8 Å². The predicted molar refractivity (Wildman–Crippen MR) is 83.4 cm³/mol. The highest BCUT2D eigenvalue weighted by molar-refractivity contribution is 5.35. The normalized spacial score (nSPS) is 14.4. The van der Waals surface area contributed by atoms with Crippen LogP contribution >= 0.6 is 0 Å². The van der Waals surface area contributed by atoms with Gasteiger partial charge in [0.1, 0.15) is 0 Å². The standard InChI is InChI=1S/C18H30/c1-7-10-17(5)18(6)14-9-13-16(4)12-8-11-15(2)3/h9,14-16H,8,11-13H2,1-6H3/b14-9+,18-17+. The largest absolute Gasteiger partial charge is 0.102 e. The third kappa shape index (κ3) is 9.11. The molecule has 0 heteroatoms. The zero-order chi connectivity index (χ0) is 14.0. The monoisotopic (exact) mass is 246 g/mol. The van der Waals surface area contributed by atoms with E-state index in [-0.39, 0.29) is 0 Å². The first kappa shape index (κ1) is 17.0. The van der Waals surface area contributed by atoms with Crippen molar-refractivity contribution < 1.29 is 0 Å². The van der Waals surface area contributed by atoms with Crippen molar-refractivity contribution in [2.75, 3.05) is 0 Å². The van der Waals surface area contributed by atoms with Gasteiger partial charge in [-0.05, 0) is 44.6 Å². The minimum atomic E-state index is 0.797. The van der Waals surface area contributed by atoms with Crippen LogP contribution in [0.4, 0.5) is 0 Å². The minimum absolute atomic E-state index is 0.797. The smallest absolute Gasteiger partial charge is 0.00182 e. The Balaban J connectivity index is 4.00. The first-order valence-electron chi connectivity index (χ1n) is 7.24. The summed E-state index contributed by atoms with van der Waals surface area (Å²) < 4.78 is 0. The quantitative estimate of drug-likeness (QED) is 0.396. The van der Waals surface area contributed by atoms with Crippen molar-refractivity contribution in [1.29, 1.82) is 0 Å². The molecule has 0 aliphatic carbocycles. The van der Waals surface area contributed by atoms with Crippen molar-refractivity contribution in [2.24, 2.45) is 11.8 Å². The highest BCUT2D eigenvalue weighted by atomic mass is 14.1. The lowest BCUT2D eigenvalue weighted by atomic mass is 9.97. The van der Waals surface area contributed by atoms with Crippen molar-refractivity contribution in [3.63, 3.8) is 0 Å². The van der Waals surface area contributed by atoms with Crippen LogP contribution in [0.2, 0.25) is 0 Å². The number of allylic oxidation sites excluding steroid dienone is 4. The van der Waals surface area contributed by atoms with Gasteiger partial charge in [0.05, 0.1) is 0 Å². The predicted octanol–water partition coefficient (Wildman–Crippen LogP) is 5.75. The molecule has 1 atom stereocenters. The van der Waals surface area contributed by atoms with Gasteiger partial charge >= 0.3 is 0 Å². The molecule has 0 aromatic heterocycles. The fourth-order valence-electron chi connectivity index (χ4n) is 1.88. The third-order valence-electron chi connectivity index (χ3n) is 3.29. The van der Waals surface area contributed by atoms with E-state index in [1.165, 1.54) is 36.8 Å². The van der Waals surface area contributed by atoms with Crippen molar-refractivity contribution in [3.8, 4) is 11.8 Å². The molecule has 0 saturated heterocycles. The molecule has 0 aliphatic rings. The van der Waals surface area contributed by atoms with Crippen LogP contribution in [0.3, 0.4) is 0 Å². The van der Waals surface area contributed by atoms with Crippen LogP contribution in [0.15, 0.2) is 23.3 Å². The summed E-state index contributed by atoms with van der Waals surface area (Å²) in [4.78, 5) is 0. The van der Waals surface area contributed by atoms with E-state index in [9.17, 15) is 0 Å². The Morgan fingerprint density at radius 1 is 1.11 bits per heavy atom. The van der Waals surface area contributed by atoms with Gasteiger partial charge in [-0.25, -0.2) is 0 Å². The van der Waals surface area contributed by atoms with E-state index in [1.807, 2.05) is 6.92 Å². The lowest BCUT2D eigenvalue weighted by Crippen LogP contribution is -1.95. The molecular weight excluding hydrogens is 216 g/mol. The summed E-state index contributed by atoms with van der Waals surface area (Å²) in [6, 6.07) is 0. The van der Waals surface area contributed by atoms with Crippen molar-refractivity contribution in [1.82, 2.24) is 0 Å². The van der Waals surface area contributed by atoms with Crippen LogP contribution in [0.25, 0.3) is 0 Å². The van der Waals surface area contributed by atoms with E-state index >= 15 is 0 Å². The highest BCUT2D eigenvalue weighted by Crippen LogP contribution is 2.16. The molecule has 0 heterocycles. The average Bonchev–Trinajstić information content (AvgIpc) is 2.28. The Labute approximate surface area is 115 Å². The number of hydrogen-bond acceptors (Lipinski definition) is 0. The molecule has 0 amide bonds. The van der Waals surface area contributed by atoms with Gasteiger partial charge in [0, 0.05) is 5.57 Å². The van der Waals surface area contributed by atoms with Crippen molar-refractivity contribution in [3.05, 3.63) is 23.3 Å². The maximum absolute atomic E-state index is 3.11. The van der Waals surface area contributed by atoms with Crippen LogP contribution in [0, 0.1) is 23.7 Å². The SMILES string of the molecule is CC#C/C(C)=C(C)/C=C/CC(C)CCCC(C)C. The Morgan fingerprint density at radius 3 is 2.33 bits per heavy atom. The molecule has 0 N–H and O–H groups in total. The molecule has 0 aromatic rings. The van der Waals surface area contributed by atoms with E-state index < -0.39 is 0 Å². The van der Waals surface area contributed by atoms with Crippen LogP contribution < -0.4 is 0 Å². The van der Waals surface area contributed by atoms with E-state index in [2.05, 4.69) is 58.6 Å². The molecule has 1 unspecified atom stereocenters. The van der Waals surface area contributed by atoms with Gasteiger partial charge in [-0.2, -0.15) is 0 Å². The second-order valence-electron chi connectivity index (χ2n) is 5.75. The van der Waals surface area contributed by atoms with Crippen LogP contribution in [-0.2, 0) is 0 Å². The summed E-state index contributed by atoms with van der Waals surface area (Å²) >= 11 is 0. The summed E-state index contributed by atoms with van der Waals surface area (Å²) in [5, 5.41) is 0. The second-order valence-corrected chi connectivity index (χ2v) is 5.75. The van der Waals surface area contributed by atoms with Crippen LogP contribution in [0.1, 0.15) is 67.2 Å². The highest BCUT2D eigenvalue weighted by Gasteiger charge is 2.01. The molecule has 0 aromatic carbocycles. The minimum Gasteiger partial charge on any atom is -0.102 e. The lowest BCUT2D eigenvalue weighted by Gasteiger charge is -2.09. The maximum atomic E-state index is 3.11. The summed E-state index contributed by atoms with van der Waals surface area (Å²) in [5.41, 5.74) is 2.47. The lowest BCUT2D eigenvalue weighted by molar-refractivity contribution is 0.461. The summed E-state index contributed by atoms with van der Waals surface area (Å²) in [5.74, 6) is 7.69. The Kier molecular flexibility index (Phi) is 9.47. The van der Waals surface area contributed by atoms with Crippen LogP contribution in [-0.4, -0.2) is 0 Å². The molecule has 0 rings (SSSR count). The number of rotatable bonds is 7. The molecule has 0 aliphatic heterocycles. The molecule has 102 valence electrons. The zero-order valence-corrected chi connectivity index (χ0v) is 13.1. The summed E-state index contributed by atoms with van der Waals surface area (Å²) in [6.45, 7) is 13.1. The molecule has 0 saturated carbocycles. The molecule has 0 fully saturated rings. The van der Waals surface area contributed by atoms with Gasteiger partial charge < -0.3 is 0 Å². The van der Waals surface area contributed by atoms with Crippen molar-refractivity contribution in [2.45, 2.75) is 67.2 Å². The van der Waals surface area contributed by atoms with E-state index in [0.29, 0.717) is 0 Å². The Bertz CT molecular complexity index is 331. The molecule has 0 spiro atoms. The van der Waals surface area contributed by atoms with Gasteiger partial charge in [0.2, 0.25) is 0 Å². The fourth-order valence-corrected chi connectivity index (χ4v) is 1.88. The summed E-state index contributed by atoms with van der Waals surface area (Å²) in [6.07, 6.45) is 9.77. The molecule has 0 nitrogen and oxygen atoms in total. The van der Waals surface area contributed by atoms with Gasteiger partial charge in [-0.15, -0.1) is 5.92 Å². The van der Waals surface area contributed by atoms with Gasteiger partial charge in [0.15, 0.2) is 0 Å². The van der Waals surface area contributed by atoms with Crippen molar-refractivity contribution >= 4 is 0 Å². The third-order valence-corrected chi connectivity index (χ3v) is 3.29. The number of hydrogen-bond donors (Lipinski definition) is 0. The molecule has 18 heavy (non-hydrogen) atoms. The molecular formula is C18H30. The Morgan fingerprint density at radius 2 is 1.78 bits per heavy atom. The topological polar surface area (TPSA) is 0 Å². The average molecular weight is 246 g/mol. The fraction of sp³-hybridized carbons (Fsp3) is 0.667. The van der Waals surface area contributed by atoms with Crippen LogP contribution in [0.5, 0.6) is 0 Å². The van der Waals surface area contributed by atoms with E-state index in [4.69, 9.17) is 0 Å². The van der Waals surface area contributed by atoms with E-state index in [1.54, 1.807) is 0 Å². The summed E-state index contributed by atoms with van der Waals surface area (Å²) in [7, 11) is 0. The van der Waals surface area contributed by atoms with Gasteiger partial charge in [-0.1, -0.05) is 58.1 Å². The maximum Gasteiger partial charge on any atom is 0.00182 e. The molecule has 0 radical (unpaired) electrons. The molecule has 0 bridgehead atoms. The zero-order valence-electron chi connectivity index (χ0n) is 13.1. The first-order chi connectivity index (χ1) is 8.47. The second kappa shape index (κ2) is 10.0. The van der Waals surface area contributed by atoms with Gasteiger partial charge in [-0.3, -0.25) is 0 Å². The van der Waals surface area contributed by atoms with Gasteiger partial charge in [0.25, 0.3) is 0 Å².